The first kappa shape index (κ1) is 16.0. The number of likely N-dealkylation sites (tertiary alicyclic amines) is 1. The predicted octanol–water partition coefficient (Wildman–Crippen LogP) is 1.98. The monoisotopic (exact) mass is 339 g/mol. The summed E-state index contributed by atoms with van der Waals surface area (Å²) in [5.74, 6) is -0.248. The normalized spacial score (nSPS) is 21.3. The molecule has 0 aromatic rings. The lowest BCUT2D eigenvalue weighted by Crippen LogP contribution is -2.51. The van der Waals surface area contributed by atoms with Crippen LogP contribution < -0.4 is 0 Å². The van der Waals surface area contributed by atoms with Gasteiger partial charge in [0.15, 0.2) is 9.84 Å². The number of rotatable bonds is 5. The highest BCUT2D eigenvalue weighted by Gasteiger charge is 2.44. The summed E-state index contributed by atoms with van der Waals surface area (Å²) in [6, 6.07) is 0.205. The maximum atomic E-state index is 12.4. The van der Waals surface area contributed by atoms with Gasteiger partial charge in [0.25, 0.3) is 0 Å². The molecule has 0 aliphatic carbocycles. The predicted molar refractivity (Wildman–Crippen MR) is 76.7 cm³/mol. The van der Waals surface area contributed by atoms with Gasteiger partial charge in [0.05, 0.1) is 0 Å². The fourth-order valence-corrected chi connectivity index (χ4v) is 2.98. The molecular formula is C12H22BrNO3S. The molecule has 1 unspecified atom stereocenters. The average Bonchev–Trinajstić information content (AvgIpc) is 2.71. The van der Waals surface area contributed by atoms with Crippen molar-refractivity contribution in [3.63, 3.8) is 0 Å². The summed E-state index contributed by atoms with van der Waals surface area (Å²) in [6.07, 6.45) is 5.04. The first-order valence-corrected chi connectivity index (χ1v) is 9.29. The number of amides is 1. The van der Waals surface area contributed by atoms with Crippen molar-refractivity contribution in [2.24, 2.45) is 0 Å². The fraction of sp³-hybridized carbons (Fsp3) is 0.917. The molecule has 1 atom stereocenters. The van der Waals surface area contributed by atoms with Gasteiger partial charge in [-0.15, -0.1) is 0 Å². The first-order valence-electron chi connectivity index (χ1n) is 6.28. The van der Waals surface area contributed by atoms with Gasteiger partial charge in [0.1, 0.15) is 4.75 Å². The quantitative estimate of drug-likeness (QED) is 0.719. The number of halogens is 1. The van der Waals surface area contributed by atoms with Crippen molar-refractivity contribution < 1.29 is 13.2 Å². The summed E-state index contributed by atoms with van der Waals surface area (Å²) in [4.78, 5) is 14.2. The Morgan fingerprint density at radius 3 is 2.56 bits per heavy atom. The summed E-state index contributed by atoms with van der Waals surface area (Å²) in [5.41, 5.74) is 0. The van der Waals surface area contributed by atoms with E-state index in [1.807, 2.05) is 0 Å². The van der Waals surface area contributed by atoms with Crippen LogP contribution >= 0.6 is 15.9 Å². The molecule has 6 heteroatoms. The van der Waals surface area contributed by atoms with Gasteiger partial charge >= 0.3 is 0 Å². The van der Waals surface area contributed by atoms with Crippen LogP contribution in [0, 0.1) is 0 Å². The summed E-state index contributed by atoms with van der Waals surface area (Å²) in [7, 11) is -3.38. The SMILES string of the molecule is CC(C)(C(=O)N1CCCC1CCCBr)S(C)(=O)=O. The van der Waals surface area contributed by atoms with Gasteiger partial charge in [0, 0.05) is 24.2 Å². The largest absolute Gasteiger partial charge is 0.338 e. The van der Waals surface area contributed by atoms with Crippen LogP contribution in [0.1, 0.15) is 39.5 Å². The minimum atomic E-state index is -3.38. The maximum absolute atomic E-state index is 12.4. The lowest BCUT2D eigenvalue weighted by molar-refractivity contribution is -0.134. The molecule has 106 valence electrons. The number of carbonyl (C=O) groups excluding carboxylic acids is 1. The Kier molecular flexibility index (Phi) is 5.23. The molecule has 1 fully saturated rings. The molecule has 18 heavy (non-hydrogen) atoms. The van der Waals surface area contributed by atoms with E-state index in [1.165, 1.54) is 13.8 Å². The topological polar surface area (TPSA) is 54.5 Å². The van der Waals surface area contributed by atoms with Crippen LogP contribution in [0.2, 0.25) is 0 Å². The Bertz CT molecular complexity index is 406. The minimum Gasteiger partial charge on any atom is -0.338 e. The fourth-order valence-electron chi connectivity index (χ4n) is 2.22. The number of carbonyl (C=O) groups is 1. The second-order valence-corrected chi connectivity index (χ2v) is 8.77. The highest BCUT2D eigenvalue weighted by molar-refractivity contribution is 9.09. The van der Waals surface area contributed by atoms with E-state index >= 15 is 0 Å². The molecule has 1 saturated heterocycles. The van der Waals surface area contributed by atoms with E-state index in [2.05, 4.69) is 15.9 Å². The van der Waals surface area contributed by atoms with Crippen molar-refractivity contribution in [3.05, 3.63) is 0 Å². The molecule has 0 spiro atoms. The molecule has 1 aliphatic rings. The van der Waals surface area contributed by atoms with Gasteiger partial charge in [0.2, 0.25) is 5.91 Å². The highest BCUT2D eigenvalue weighted by atomic mass is 79.9. The van der Waals surface area contributed by atoms with Crippen LogP contribution in [-0.2, 0) is 14.6 Å². The van der Waals surface area contributed by atoms with Crippen LogP contribution in [-0.4, -0.2) is 48.1 Å². The summed E-state index contributed by atoms with van der Waals surface area (Å²) < 4.78 is 22.1. The Hall–Kier alpha value is -0.100. The first-order chi connectivity index (χ1) is 8.21. The van der Waals surface area contributed by atoms with E-state index < -0.39 is 14.6 Å². The second-order valence-electron chi connectivity index (χ2n) is 5.41. The molecule has 4 nitrogen and oxygen atoms in total. The van der Waals surface area contributed by atoms with Crippen LogP contribution in [0.15, 0.2) is 0 Å². The van der Waals surface area contributed by atoms with Gasteiger partial charge in [-0.1, -0.05) is 15.9 Å². The lowest BCUT2D eigenvalue weighted by atomic mass is 10.1. The van der Waals surface area contributed by atoms with E-state index in [1.54, 1.807) is 4.90 Å². The third-order valence-corrected chi connectivity index (χ3v) is 6.34. The van der Waals surface area contributed by atoms with Crippen molar-refractivity contribution in [3.8, 4) is 0 Å². The van der Waals surface area contributed by atoms with E-state index in [0.717, 1.165) is 37.3 Å². The van der Waals surface area contributed by atoms with E-state index in [9.17, 15) is 13.2 Å². The zero-order chi connectivity index (χ0) is 14.0. The van der Waals surface area contributed by atoms with Gasteiger partial charge in [-0.05, 0) is 39.5 Å². The zero-order valence-electron chi connectivity index (χ0n) is 11.3. The highest BCUT2D eigenvalue weighted by Crippen LogP contribution is 2.27. The van der Waals surface area contributed by atoms with Crippen LogP contribution in [0.25, 0.3) is 0 Å². The Balaban J connectivity index is 2.83. The van der Waals surface area contributed by atoms with Gasteiger partial charge in [-0.2, -0.15) is 0 Å². The van der Waals surface area contributed by atoms with Crippen molar-refractivity contribution in [1.29, 1.82) is 0 Å². The van der Waals surface area contributed by atoms with Crippen molar-refractivity contribution in [2.45, 2.75) is 50.3 Å². The number of sulfone groups is 1. The third kappa shape index (κ3) is 3.26. The van der Waals surface area contributed by atoms with Gasteiger partial charge < -0.3 is 4.90 Å². The molecule has 0 aromatic carbocycles. The molecule has 0 radical (unpaired) electrons. The number of nitrogens with zero attached hydrogens (tertiary/aromatic N) is 1. The molecule has 0 saturated carbocycles. The molecule has 0 bridgehead atoms. The van der Waals surface area contributed by atoms with Crippen molar-refractivity contribution in [2.75, 3.05) is 18.1 Å². The van der Waals surface area contributed by atoms with Crippen molar-refractivity contribution in [1.82, 2.24) is 4.90 Å². The third-order valence-electron chi connectivity index (χ3n) is 3.75. The van der Waals surface area contributed by atoms with Crippen LogP contribution in [0.4, 0.5) is 0 Å². The summed E-state index contributed by atoms with van der Waals surface area (Å²) in [6.45, 7) is 3.69. The molecule has 1 aliphatic heterocycles. The second kappa shape index (κ2) is 5.90. The molecular weight excluding hydrogens is 318 g/mol. The number of alkyl halides is 1. The molecule has 1 rings (SSSR count). The lowest BCUT2D eigenvalue weighted by Gasteiger charge is -2.32. The Morgan fingerprint density at radius 2 is 2.06 bits per heavy atom. The smallest absolute Gasteiger partial charge is 0.243 e. The molecule has 1 heterocycles. The molecule has 0 N–H and O–H groups in total. The Morgan fingerprint density at radius 1 is 1.44 bits per heavy atom. The summed E-state index contributed by atoms with van der Waals surface area (Å²) in [5, 5.41) is 0.918. The Labute approximate surface area is 118 Å². The molecule has 1 amide bonds. The van der Waals surface area contributed by atoms with Gasteiger partial charge in [-0.3, -0.25) is 4.79 Å². The standard InChI is InChI=1S/C12H22BrNO3S/c1-12(2,18(3,16)17)11(15)14-9-5-7-10(14)6-4-8-13/h10H,4-9H2,1-3H3. The average molecular weight is 340 g/mol. The summed E-state index contributed by atoms with van der Waals surface area (Å²) >= 11 is 3.39. The van der Waals surface area contributed by atoms with Gasteiger partial charge in [-0.25, -0.2) is 8.42 Å². The molecule has 0 aromatic heterocycles. The van der Waals surface area contributed by atoms with Crippen LogP contribution in [0.3, 0.4) is 0 Å². The minimum absolute atomic E-state index is 0.205. The van der Waals surface area contributed by atoms with E-state index in [4.69, 9.17) is 0 Å². The van der Waals surface area contributed by atoms with Crippen molar-refractivity contribution >= 4 is 31.7 Å². The maximum Gasteiger partial charge on any atom is 0.243 e. The number of hydrogen-bond donors (Lipinski definition) is 0. The van der Waals surface area contributed by atoms with Crippen LogP contribution in [0.5, 0.6) is 0 Å². The number of hydrogen-bond acceptors (Lipinski definition) is 3. The van der Waals surface area contributed by atoms with E-state index in [-0.39, 0.29) is 11.9 Å². The zero-order valence-corrected chi connectivity index (χ0v) is 13.7. The van der Waals surface area contributed by atoms with E-state index in [0.29, 0.717) is 6.54 Å².